The lowest BCUT2D eigenvalue weighted by atomic mass is 10.0. The van der Waals surface area contributed by atoms with Gasteiger partial charge in [-0.05, 0) is 41.0 Å². The fourth-order valence-electron chi connectivity index (χ4n) is 2.20. The molecule has 2 atom stereocenters. The van der Waals surface area contributed by atoms with Crippen LogP contribution < -0.4 is 10.6 Å². The quantitative estimate of drug-likeness (QED) is 0.825. The van der Waals surface area contributed by atoms with E-state index in [1.165, 1.54) is 4.88 Å². The molecule has 0 saturated carbocycles. The normalized spacial score (nSPS) is 22.6. The van der Waals surface area contributed by atoms with Gasteiger partial charge in [0.25, 0.3) is 0 Å². The van der Waals surface area contributed by atoms with E-state index in [1.54, 1.807) is 11.3 Å². The first-order valence-corrected chi connectivity index (χ1v) is 8.14. The Morgan fingerprint density at radius 1 is 1.53 bits per heavy atom. The van der Waals surface area contributed by atoms with Gasteiger partial charge in [-0.2, -0.15) is 0 Å². The largest absolute Gasteiger partial charge is 0.379 e. The van der Waals surface area contributed by atoms with Crippen LogP contribution in [-0.2, 0) is 16.0 Å². The van der Waals surface area contributed by atoms with Crippen molar-refractivity contribution in [3.05, 3.63) is 20.8 Å². The van der Waals surface area contributed by atoms with Crippen LogP contribution in [0.25, 0.3) is 0 Å². The van der Waals surface area contributed by atoms with Gasteiger partial charge < -0.3 is 15.4 Å². The zero-order chi connectivity index (χ0) is 13.7. The summed E-state index contributed by atoms with van der Waals surface area (Å²) in [6.45, 7) is 4.74. The van der Waals surface area contributed by atoms with Crippen molar-refractivity contribution in [3.63, 3.8) is 0 Å². The minimum atomic E-state index is -0.0602. The molecule has 2 N–H and O–H groups in total. The maximum atomic E-state index is 12.1. The van der Waals surface area contributed by atoms with Crippen LogP contribution in [0.3, 0.4) is 0 Å². The molecule has 0 radical (unpaired) electrons. The number of nitrogens with one attached hydrogen (secondary N) is 2. The van der Waals surface area contributed by atoms with Crippen molar-refractivity contribution >= 4 is 33.2 Å². The molecule has 0 spiro atoms. The van der Waals surface area contributed by atoms with Gasteiger partial charge in [0.2, 0.25) is 5.91 Å². The molecule has 1 aromatic rings. The highest BCUT2D eigenvalue weighted by Gasteiger charge is 2.33. The van der Waals surface area contributed by atoms with Gasteiger partial charge in [-0.3, -0.25) is 4.79 Å². The first kappa shape index (κ1) is 15.0. The minimum absolute atomic E-state index is 0.0602. The van der Waals surface area contributed by atoms with Crippen molar-refractivity contribution in [3.8, 4) is 0 Å². The highest BCUT2D eigenvalue weighted by molar-refractivity contribution is 9.11. The SMILES string of the molecule is CCNC1COCC1C(=O)NCCc1ccc(Br)s1. The van der Waals surface area contributed by atoms with E-state index in [1.807, 2.05) is 13.0 Å². The molecule has 6 heteroatoms. The Morgan fingerprint density at radius 3 is 3.05 bits per heavy atom. The molecular formula is C13H19BrN2O2S. The zero-order valence-electron chi connectivity index (χ0n) is 10.9. The second-order valence-electron chi connectivity index (χ2n) is 4.55. The van der Waals surface area contributed by atoms with Gasteiger partial charge in [0.15, 0.2) is 0 Å². The van der Waals surface area contributed by atoms with Crippen molar-refractivity contribution < 1.29 is 9.53 Å². The summed E-state index contributed by atoms with van der Waals surface area (Å²) >= 11 is 5.15. The third-order valence-corrected chi connectivity index (χ3v) is 4.87. The van der Waals surface area contributed by atoms with Gasteiger partial charge in [-0.1, -0.05) is 6.92 Å². The van der Waals surface area contributed by atoms with E-state index in [0.29, 0.717) is 19.8 Å². The van der Waals surface area contributed by atoms with Gasteiger partial charge >= 0.3 is 0 Å². The van der Waals surface area contributed by atoms with E-state index in [4.69, 9.17) is 4.74 Å². The van der Waals surface area contributed by atoms with Gasteiger partial charge in [0, 0.05) is 17.5 Å². The Bertz CT molecular complexity index is 425. The summed E-state index contributed by atoms with van der Waals surface area (Å²) in [4.78, 5) is 13.4. The Balaban J connectivity index is 1.74. The summed E-state index contributed by atoms with van der Waals surface area (Å²) in [6, 6.07) is 4.27. The molecule has 1 fully saturated rings. The first-order chi connectivity index (χ1) is 9.20. The number of hydrogen-bond acceptors (Lipinski definition) is 4. The van der Waals surface area contributed by atoms with E-state index < -0.39 is 0 Å². The van der Waals surface area contributed by atoms with Crippen LogP contribution in [0.2, 0.25) is 0 Å². The molecule has 1 saturated heterocycles. The highest BCUT2D eigenvalue weighted by Crippen LogP contribution is 2.22. The Kier molecular flexibility index (Phi) is 5.81. The second-order valence-corrected chi connectivity index (χ2v) is 7.10. The summed E-state index contributed by atoms with van der Waals surface area (Å²) < 4.78 is 6.51. The van der Waals surface area contributed by atoms with E-state index in [2.05, 4.69) is 32.6 Å². The number of likely N-dealkylation sites (N-methyl/N-ethyl adjacent to an activating group) is 1. The molecule has 1 amide bonds. The summed E-state index contributed by atoms with van der Waals surface area (Å²) in [5, 5.41) is 6.30. The number of hydrogen-bond donors (Lipinski definition) is 2. The van der Waals surface area contributed by atoms with E-state index >= 15 is 0 Å². The highest BCUT2D eigenvalue weighted by atomic mass is 79.9. The Morgan fingerprint density at radius 2 is 2.37 bits per heavy atom. The van der Waals surface area contributed by atoms with E-state index in [-0.39, 0.29) is 17.9 Å². The molecule has 2 unspecified atom stereocenters. The van der Waals surface area contributed by atoms with Crippen molar-refractivity contribution in [2.45, 2.75) is 19.4 Å². The fraction of sp³-hybridized carbons (Fsp3) is 0.615. The zero-order valence-corrected chi connectivity index (χ0v) is 13.4. The average molecular weight is 347 g/mol. The van der Waals surface area contributed by atoms with Crippen LogP contribution in [-0.4, -0.2) is 38.3 Å². The first-order valence-electron chi connectivity index (χ1n) is 6.53. The molecule has 0 aromatic carbocycles. The topological polar surface area (TPSA) is 50.4 Å². The number of rotatable bonds is 6. The van der Waals surface area contributed by atoms with Gasteiger partial charge in [0.05, 0.1) is 22.9 Å². The van der Waals surface area contributed by atoms with Crippen LogP contribution in [0.4, 0.5) is 0 Å². The molecule has 2 heterocycles. The summed E-state index contributed by atoms with van der Waals surface area (Å²) in [5.74, 6) is 0.0362. The standard InChI is InChI=1S/C13H19BrN2O2S/c1-2-15-11-8-18-7-10(11)13(17)16-6-5-9-3-4-12(14)19-9/h3-4,10-11,15H,2,5-8H2,1H3,(H,16,17). The lowest BCUT2D eigenvalue weighted by Gasteiger charge is -2.17. The van der Waals surface area contributed by atoms with Crippen LogP contribution in [0.5, 0.6) is 0 Å². The number of ether oxygens (including phenoxy) is 1. The molecule has 1 aliphatic heterocycles. The van der Waals surface area contributed by atoms with Crippen molar-refractivity contribution in [2.24, 2.45) is 5.92 Å². The van der Waals surface area contributed by atoms with Crippen molar-refractivity contribution in [1.82, 2.24) is 10.6 Å². The number of halogens is 1. The number of carbonyl (C=O) groups excluding carboxylic acids is 1. The fourth-order valence-corrected chi connectivity index (χ4v) is 3.68. The Hall–Kier alpha value is -0.430. The average Bonchev–Trinajstić information content (AvgIpc) is 2.99. The predicted molar refractivity (Wildman–Crippen MR) is 80.5 cm³/mol. The van der Waals surface area contributed by atoms with Crippen LogP contribution in [0.1, 0.15) is 11.8 Å². The maximum Gasteiger partial charge on any atom is 0.227 e. The van der Waals surface area contributed by atoms with Gasteiger partial charge in [-0.15, -0.1) is 11.3 Å². The van der Waals surface area contributed by atoms with Crippen LogP contribution >= 0.6 is 27.3 Å². The molecule has 19 heavy (non-hydrogen) atoms. The van der Waals surface area contributed by atoms with Gasteiger partial charge in [-0.25, -0.2) is 0 Å². The maximum absolute atomic E-state index is 12.1. The lowest BCUT2D eigenvalue weighted by molar-refractivity contribution is -0.125. The summed E-state index contributed by atoms with van der Waals surface area (Å²) in [5.41, 5.74) is 0. The molecule has 0 aliphatic carbocycles. The van der Waals surface area contributed by atoms with Crippen molar-refractivity contribution in [1.29, 1.82) is 0 Å². The third-order valence-electron chi connectivity index (χ3n) is 3.18. The number of thiophene rings is 1. The molecule has 1 aliphatic rings. The van der Waals surface area contributed by atoms with Crippen molar-refractivity contribution in [2.75, 3.05) is 26.3 Å². The number of amides is 1. The molecule has 4 nitrogen and oxygen atoms in total. The second kappa shape index (κ2) is 7.38. The summed E-state index contributed by atoms with van der Waals surface area (Å²) in [6.07, 6.45) is 0.876. The third kappa shape index (κ3) is 4.27. The molecule has 106 valence electrons. The number of carbonyl (C=O) groups is 1. The molecule has 1 aromatic heterocycles. The summed E-state index contributed by atoms with van der Waals surface area (Å²) in [7, 11) is 0. The van der Waals surface area contributed by atoms with E-state index in [0.717, 1.165) is 16.8 Å². The Labute approximate surface area is 126 Å². The van der Waals surface area contributed by atoms with Crippen LogP contribution in [0.15, 0.2) is 15.9 Å². The molecule has 0 bridgehead atoms. The van der Waals surface area contributed by atoms with Gasteiger partial charge in [0.1, 0.15) is 0 Å². The van der Waals surface area contributed by atoms with Crippen LogP contribution in [0, 0.1) is 5.92 Å². The molecule has 2 rings (SSSR count). The monoisotopic (exact) mass is 346 g/mol. The minimum Gasteiger partial charge on any atom is -0.379 e. The van der Waals surface area contributed by atoms with E-state index in [9.17, 15) is 4.79 Å². The molecular weight excluding hydrogens is 328 g/mol. The predicted octanol–water partition coefficient (Wildman–Crippen LogP) is 1.79. The smallest absolute Gasteiger partial charge is 0.227 e. The lowest BCUT2D eigenvalue weighted by Crippen LogP contribution is -2.44.